The molecule has 18 heavy (non-hydrogen) atoms. The van der Waals surface area contributed by atoms with Crippen molar-refractivity contribution < 1.29 is 4.92 Å². The predicted octanol–water partition coefficient (Wildman–Crippen LogP) is 3.58. The van der Waals surface area contributed by atoms with Crippen LogP contribution in [0.15, 0.2) is 28.9 Å². The Morgan fingerprint density at radius 3 is 2.83 bits per heavy atom. The van der Waals surface area contributed by atoms with E-state index >= 15 is 0 Å². The lowest BCUT2D eigenvalue weighted by molar-refractivity contribution is -0.384. The predicted molar refractivity (Wildman–Crippen MR) is 69.6 cm³/mol. The van der Waals surface area contributed by atoms with Crippen LogP contribution in [0.4, 0.5) is 22.9 Å². The lowest BCUT2D eigenvalue weighted by Crippen LogP contribution is -2.01. The van der Waals surface area contributed by atoms with Crippen LogP contribution in [0.1, 0.15) is 0 Å². The molecule has 8 heteroatoms. The second-order valence-corrected chi connectivity index (χ2v) is 4.83. The van der Waals surface area contributed by atoms with Crippen molar-refractivity contribution in [1.29, 1.82) is 0 Å². The van der Waals surface area contributed by atoms with Gasteiger partial charge in [0.25, 0.3) is 0 Å². The number of aromatic nitrogens is 2. The minimum absolute atomic E-state index is 0.0209. The van der Waals surface area contributed by atoms with E-state index in [-0.39, 0.29) is 16.8 Å². The van der Waals surface area contributed by atoms with Gasteiger partial charge in [-0.15, -0.1) is 0 Å². The van der Waals surface area contributed by atoms with E-state index in [1.165, 1.54) is 0 Å². The van der Waals surface area contributed by atoms with Gasteiger partial charge in [-0.2, -0.15) is 4.98 Å². The molecule has 2 heterocycles. The van der Waals surface area contributed by atoms with Gasteiger partial charge in [0.05, 0.1) is 16.3 Å². The number of anilines is 3. The molecule has 1 aliphatic rings. The molecule has 3 rings (SSSR count). The number of halogens is 2. The fourth-order valence-electron chi connectivity index (χ4n) is 1.69. The van der Waals surface area contributed by atoms with Crippen molar-refractivity contribution in [3.8, 4) is 0 Å². The van der Waals surface area contributed by atoms with Crippen LogP contribution >= 0.6 is 27.5 Å². The summed E-state index contributed by atoms with van der Waals surface area (Å²) in [6.07, 6.45) is 1.11. The molecule has 0 N–H and O–H groups in total. The lowest BCUT2D eigenvalue weighted by atomic mass is 10.4. The third-order valence-electron chi connectivity index (χ3n) is 2.50. The summed E-state index contributed by atoms with van der Waals surface area (Å²) in [5.41, 5.74) is 1.56. The van der Waals surface area contributed by atoms with Crippen LogP contribution in [0.3, 0.4) is 0 Å². The van der Waals surface area contributed by atoms with E-state index in [1.54, 1.807) is 4.90 Å². The average molecular weight is 328 g/mol. The first-order valence-electron chi connectivity index (χ1n) is 4.84. The van der Waals surface area contributed by atoms with Gasteiger partial charge in [0, 0.05) is 4.47 Å². The lowest BCUT2D eigenvalue weighted by Gasteiger charge is -2.02. The van der Waals surface area contributed by atoms with Gasteiger partial charge in [-0.3, -0.25) is 15.0 Å². The maximum atomic E-state index is 10.9. The Hall–Kier alpha value is -1.73. The van der Waals surface area contributed by atoms with Crippen molar-refractivity contribution in [3.05, 3.63) is 44.3 Å². The van der Waals surface area contributed by atoms with Crippen LogP contribution < -0.4 is 4.90 Å². The Kier molecular flexibility index (Phi) is 2.46. The van der Waals surface area contributed by atoms with E-state index in [4.69, 9.17) is 11.6 Å². The molecule has 0 unspecified atom stereocenters. The molecule has 0 saturated heterocycles. The standard InChI is InChI=1S/C10H4BrClN4O2/c11-5-1-2-6-7(3-5)15(6)9-8(16(17)18)4-13-10(12)14-9/h1-4H. The summed E-state index contributed by atoms with van der Waals surface area (Å²) < 4.78 is 0.895. The van der Waals surface area contributed by atoms with Gasteiger partial charge < -0.3 is 0 Å². The topological polar surface area (TPSA) is 71.9 Å². The fourth-order valence-corrected chi connectivity index (χ4v) is 2.17. The number of fused-ring (bicyclic) bond motifs is 1. The quantitative estimate of drug-likeness (QED) is 0.311. The molecule has 1 aromatic heterocycles. The molecule has 0 saturated carbocycles. The van der Waals surface area contributed by atoms with Gasteiger partial charge in [0.1, 0.15) is 6.20 Å². The number of benzene rings is 1. The summed E-state index contributed by atoms with van der Waals surface area (Å²) in [5, 5.41) is 10.9. The smallest absolute Gasteiger partial charge is 0.285 e. The van der Waals surface area contributed by atoms with E-state index in [9.17, 15) is 10.1 Å². The van der Waals surface area contributed by atoms with Crippen molar-refractivity contribution in [2.45, 2.75) is 0 Å². The summed E-state index contributed by atoms with van der Waals surface area (Å²) in [6, 6.07) is 5.56. The first-order valence-corrected chi connectivity index (χ1v) is 6.01. The zero-order valence-corrected chi connectivity index (χ0v) is 11.0. The first kappa shape index (κ1) is 11.4. The van der Waals surface area contributed by atoms with Crippen molar-refractivity contribution in [3.63, 3.8) is 0 Å². The summed E-state index contributed by atoms with van der Waals surface area (Å²) in [7, 11) is 0. The van der Waals surface area contributed by atoms with Gasteiger partial charge >= 0.3 is 5.69 Å². The first-order chi connectivity index (χ1) is 8.58. The van der Waals surface area contributed by atoms with E-state index < -0.39 is 4.92 Å². The largest absolute Gasteiger partial charge is 0.330 e. The summed E-state index contributed by atoms with van der Waals surface area (Å²) >= 11 is 9.02. The van der Waals surface area contributed by atoms with Crippen LogP contribution in [0.2, 0.25) is 5.28 Å². The van der Waals surface area contributed by atoms with Crippen molar-refractivity contribution in [2.24, 2.45) is 0 Å². The fraction of sp³-hybridized carbons (Fsp3) is 0. The molecule has 2 aromatic rings. The molecule has 0 radical (unpaired) electrons. The molecular formula is C10H4BrClN4O2. The number of hydrogen-bond acceptors (Lipinski definition) is 5. The minimum Gasteiger partial charge on any atom is -0.285 e. The summed E-state index contributed by atoms with van der Waals surface area (Å²) in [6.45, 7) is 0. The SMILES string of the molecule is O=[N+]([O-])c1cnc(Cl)nc1N1c2ccc(Br)cc21. The van der Waals surface area contributed by atoms with Crippen molar-refractivity contribution in [2.75, 3.05) is 4.90 Å². The average Bonchev–Trinajstić information content (AvgIpc) is 3.01. The molecule has 0 spiro atoms. The van der Waals surface area contributed by atoms with E-state index in [0.717, 1.165) is 22.0 Å². The molecule has 1 aromatic carbocycles. The van der Waals surface area contributed by atoms with E-state index in [0.29, 0.717) is 0 Å². The Bertz CT molecular complexity index is 679. The molecule has 0 amide bonds. The second kappa shape index (κ2) is 3.89. The van der Waals surface area contributed by atoms with Crippen LogP contribution in [-0.2, 0) is 0 Å². The highest BCUT2D eigenvalue weighted by Gasteiger charge is 2.37. The number of nitrogens with zero attached hydrogens (tertiary/aromatic N) is 4. The Morgan fingerprint density at radius 1 is 1.39 bits per heavy atom. The third-order valence-corrected chi connectivity index (χ3v) is 3.17. The van der Waals surface area contributed by atoms with Gasteiger partial charge in [-0.05, 0) is 29.8 Å². The second-order valence-electron chi connectivity index (χ2n) is 3.57. The zero-order valence-electron chi connectivity index (χ0n) is 8.67. The maximum Gasteiger partial charge on any atom is 0.330 e. The summed E-state index contributed by atoms with van der Waals surface area (Å²) in [4.78, 5) is 19.6. The molecule has 0 atom stereocenters. The Labute approximate surface area is 115 Å². The third kappa shape index (κ3) is 1.72. The number of nitro groups is 1. The van der Waals surface area contributed by atoms with Crippen molar-refractivity contribution in [1.82, 2.24) is 9.97 Å². The minimum atomic E-state index is -0.528. The van der Waals surface area contributed by atoms with E-state index in [1.807, 2.05) is 18.2 Å². The molecule has 0 aliphatic carbocycles. The monoisotopic (exact) mass is 326 g/mol. The molecule has 1 aliphatic heterocycles. The number of rotatable bonds is 2. The number of hydrogen-bond donors (Lipinski definition) is 0. The Morgan fingerprint density at radius 2 is 2.17 bits per heavy atom. The Balaban J connectivity index is 2.10. The molecule has 6 nitrogen and oxygen atoms in total. The van der Waals surface area contributed by atoms with Crippen LogP contribution in [0, 0.1) is 10.1 Å². The van der Waals surface area contributed by atoms with Gasteiger partial charge in [0.15, 0.2) is 0 Å². The van der Waals surface area contributed by atoms with Crippen LogP contribution in [0.5, 0.6) is 0 Å². The molecule has 0 bridgehead atoms. The highest BCUT2D eigenvalue weighted by Crippen LogP contribution is 2.55. The van der Waals surface area contributed by atoms with Crippen LogP contribution in [0.25, 0.3) is 0 Å². The highest BCUT2D eigenvalue weighted by molar-refractivity contribution is 9.10. The molecular weight excluding hydrogens is 323 g/mol. The molecule has 0 fully saturated rings. The summed E-state index contributed by atoms with van der Waals surface area (Å²) in [5.74, 6) is 0.188. The van der Waals surface area contributed by atoms with Gasteiger partial charge in [-0.25, -0.2) is 4.98 Å². The van der Waals surface area contributed by atoms with Crippen molar-refractivity contribution >= 4 is 50.4 Å². The van der Waals surface area contributed by atoms with Crippen LogP contribution in [-0.4, -0.2) is 14.9 Å². The van der Waals surface area contributed by atoms with Gasteiger partial charge in [-0.1, -0.05) is 15.9 Å². The van der Waals surface area contributed by atoms with Gasteiger partial charge in [0.2, 0.25) is 11.1 Å². The maximum absolute atomic E-state index is 10.9. The van der Waals surface area contributed by atoms with E-state index in [2.05, 4.69) is 25.9 Å². The molecule has 90 valence electrons. The zero-order chi connectivity index (χ0) is 12.9. The normalized spacial score (nSPS) is 12.2. The highest BCUT2D eigenvalue weighted by atomic mass is 79.9.